The van der Waals surface area contributed by atoms with E-state index < -0.39 is 0 Å². The van der Waals surface area contributed by atoms with Gasteiger partial charge >= 0.3 is 0 Å². The molecule has 0 aliphatic carbocycles. The maximum atomic E-state index is 8.94. The normalized spacial score (nSPS) is 9.65. The van der Waals surface area contributed by atoms with Crippen molar-refractivity contribution in [2.24, 2.45) is 0 Å². The van der Waals surface area contributed by atoms with Gasteiger partial charge in [0.15, 0.2) is 5.75 Å². The first-order valence-electron chi connectivity index (χ1n) is 5.02. The lowest BCUT2D eigenvalue weighted by molar-refractivity contribution is 0.302. The van der Waals surface area contributed by atoms with Crippen molar-refractivity contribution in [2.45, 2.75) is 6.61 Å². The van der Waals surface area contributed by atoms with Crippen LogP contribution in [0.4, 0.5) is 0 Å². The van der Waals surface area contributed by atoms with E-state index in [4.69, 9.17) is 10.00 Å². The van der Waals surface area contributed by atoms with Crippen molar-refractivity contribution < 1.29 is 4.74 Å². The summed E-state index contributed by atoms with van der Waals surface area (Å²) in [4.78, 5) is 4.06. The molecule has 2 rings (SSSR count). The van der Waals surface area contributed by atoms with Gasteiger partial charge in [0.2, 0.25) is 0 Å². The van der Waals surface area contributed by atoms with Gasteiger partial charge in [0.05, 0.1) is 11.6 Å². The summed E-state index contributed by atoms with van der Waals surface area (Å²) in [6.07, 6.45) is 1.68. The third kappa shape index (κ3) is 2.83. The Labute approximate surface area is 108 Å². The number of nitriles is 1. The van der Waals surface area contributed by atoms with Crippen molar-refractivity contribution in [3.8, 4) is 11.8 Å². The van der Waals surface area contributed by atoms with E-state index >= 15 is 0 Å². The highest BCUT2D eigenvalue weighted by Gasteiger charge is 2.04. The lowest BCUT2D eigenvalue weighted by atomic mass is 10.1. The van der Waals surface area contributed by atoms with Gasteiger partial charge in [-0.05, 0) is 34.1 Å². The summed E-state index contributed by atoms with van der Waals surface area (Å²) in [5.74, 6) is 0.667. The minimum Gasteiger partial charge on any atom is -0.486 e. The summed E-state index contributed by atoms with van der Waals surface area (Å²) < 4.78 is 6.27. The van der Waals surface area contributed by atoms with Gasteiger partial charge in [0.1, 0.15) is 11.2 Å². The van der Waals surface area contributed by atoms with Crippen molar-refractivity contribution >= 4 is 15.9 Å². The standard InChI is InChI=1S/C13H9BrN2O/c14-13-12(6-3-7-16-13)17-9-11-5-2-1-4-10(11)8-15/h1-7H,9H2. The number of nitrogens with zero attached hydrogens (tertiary/aromatic N) is 2. The van der Waals surface area contributed by atoms with Crippen molar-refractivity contribution in [3.05, 3.63) is 58.3 Å². The summed E-state index contributed by atoms with van der Waals surface area (Å²) in [6, 6.07) is 13.1. The van der Waals surface area contributed by atoms with Crippen LogP contribution in [0, 0.1) is 11.3 Å². The summed E-state index contributed by atoms with van der Waals surface area (Å²) in [5.41, 5.74) is 1.50. The zero-order chi connectivity index (χ0) is 12.1. The Morgan fingerprint density at radius 2 is 2.06 bits per heavy atom. The van der Waals surface area contributed by atoms with E-state index in [0.717, 1.165) is 5.56 Å². The molecule has 0 aliphatic rings. The molecule has 0 aliphatic heterocycles. The van der Waals surface area contributed by atoms with E-state index in [9.17, 15) is 0 Å². The van der Waals surface area contributed by atoms with Crippen LogP contribution < -0.4 is 4.74 Å². The lowest BCUT2D eigenvalue weighted by Gasteiger charge is -2.08. The second-order valence-electron chi connectivity index (χ2n) is 3.35. The number of halogens is 1. The molecule has 4 heteroatoms. The van der Waals surface area contributed by atoms with Gasteiger partial charge < -0.3 is 4.74 Å². The molecule has 0 atom stereocenters. The number of aromatic nitrogens is 1. The monoisotopic (exact) mass is 288 g/mol. The molecular formula is C13H9BrN2O. The van der Waals surface area contributed by atoms with Crippen LogP contribution in [0.1, 0.15) is 11.1 Å². The zero-order valence-corrected chi connectivity index (χ0v) is 10.5. The molecule has 0 N–H and O–H groups in total. The molecule has 1 heterocycles. The largest absolute Gasteiger partial charge is 0.486 e. The molecular weight excluding hydrogens is 280 g/mol. The molecule has 0 spiro atoms. The Morgan fingerprint density at radius 1 is 1.24 bits per heavy atom. The fourth-order valence-electron chi connectivity index (χ4n) is 1.39. The molecule has 0 unspecified atom stereocenters. The second kappa shape index (κ2) is 5.46. The van der Waals surface area contributed by atoms with E-state index in [2.05, 4.69) is 27.0 Å². The first-order valence-corrected chi connectivity index (χ1v) is 5.82. The first kappa shape index (κ1) is 11.6. The SMILES string of the molecule is N#Cc1ccccc1COc1cccnc1Br. The van der Waals surface area contributed by atoms with Crippen LogP contribution in [0.2, 0.25) is 0 Å². The van der Waals surface area contributed by atoms with Gasteiger partial charge in [-0.3, -0.25) is 0 Å². The minimum atomic E-state index is 0.355. The number of ether oxygens (including phenoxy) is 1. The summed E-state index contributed by atoms with van der Waals surface area (Å²) in [5, 5.41) is 8.94. The van der Waals surface area contributed by atoms with Gasteiger partial charge in [-0.2, -0.15) is 5.26 Å². The van der Waals surface area contributed by atoms with E-state index in [0.29, 0.717) is 22.5 Å². The molecule has 0 amide bonds. The fourth-order valence-corrected chi connectivity index (χ4v) is 1.75. The van der Waals surface area contributed by atoms with Crippen LogP contribution in [0.25, 0.3) is 0 Å². The van der Waals surface area contributed by atoms with Gasteiger partial charge in [-0.25, -0.2) is 4.98 Å². The van der Waals surface area contributed by atoms with Crippen LogP contribution in [0.5, 0.6) is 5.75 Å². The molecule has 2 aromatic rings. The Kier molecular flexibility index (Phi) is 3.73. The molecule has 0 radical (unpaired) electrons. The van der Waals surface area contributed by atoms with Gasteiger partial charge in [0.25, 0.3) is 0 Å². The summed E-state index contributed by atoms with van der Waals surface area (Å²) >= 11 is 3.30. The molecule has 0 bridgehead atoms. The summed E-state index contributed by atoms with van der Waals surface area (Å²) in [6.45, 7) is 0.355. The van der Waals surface area contributed by atoms with E-state index in [-0.39, 0.29) is 0 Å². The molecule has 1 aromatic heterocycles. The molecule has 0 fully saturated rings. The lowest BCUT2D eigenvalue weighted by Crippen LogP contribution is -1.99. The molecule has 0 saturated heterocycles. The van der Waals surface area contributed by atoms with E-state index in [1.54, 1.807) is 18.3 Å². The zero-order valence-electron chi connectivity index (χ0n) is 8.93. The molecule has 17 heavy (non-hydrogen) atoms. The van der Waals surface area contributed by atoms with E-state index in [1.165, 1.54) is 0 Å². The molecule has 1 aromatic carbocycles. The van der Waals surface area contributed by atoms with Gasteiger partial charge in [0, 0.05) is 11.8 Å². The van der Waals surface area contributed by atoms with Crippen molar-refractivity contribution in [1.82, 2.24) is 4.98 Å². The second-order valence-corrected chi connectivity index (χ2v) is 4.10. The third-order valence-electron chi connectivity index (χ3n) is 2.25. The van der Waals surface area contributed by atoms with Crippen molar-refractivity contribution in [1.29, 1.82) is 5.26 Å². The third-order valence-corrected chi connectivity index (χ3v) is 2.84. The maximum Gasteiger partial charge on any atom is 0.152 e. The van der Waals surface area contributed by atoms with Crippen LogP contribution in [-0.4, -0.2) is 4.98 Å². The topological polar surface area (TPSA) is 45.9 Å². The van der Waals surface area contributed by atoms with Crippen LogP contribution in [-0.2, 0) is 6.61 Å². The van der Waals surface area contributed by atoms with E-state index in [1.807, 2.05) is 24.3 Å². The maximum absolute atomic E-state index is 8.94. The number of rotatable bonds is 3. The van der Waals surface area contributed by atoms with Gasteiger partial charge in [-0.15, -0.1) is 0 Å². The predicted molar refractivity (Wildman–Crippen MR) is 67.4 cm³/mol. The van der Waals surface area contributed by atoms with Crippen LogP contribution >= 0.6 is 15.9 Å². The van der Waals surface area contributed by atoms with Crippen LogP contribution in [0.3, 0.4) is 0 Å². The molecule has 0 saturated carbocycles. The van der Waals surface area contributed by atoms with Gasteiger partial charge in [-0.1, -0.05) is 18.2 Å². The average Bonchev–Trinajstić information content (AvgIpc) is 2.38. The smallest absolute Gasteiger partial charge is 0.152 e. The number of hydrogen-bond donors (Lipinski definition) is 0. The molecule has 84 valence electrons. The molecule has 3 nitrogen and oxygen atoms in total. The highest BCUT2D eigenvalue weighted by molar-refractivity contribution is 9.10. The van der Waals surface area contributed by atoms with Crippen LogP contribution in [0.15, 0.2) is 47.2 Å². The Balaban J connectivity index is 2.13. The number of hydrogen-bond acceptors (Lipinski definition) is 3. The van der Waals surface area contributed by atoms with Crippen molar-refractivity contribution in [2.75, 3.05) is 0 Å². The summed E-state index contributed by atoms with van der Waals surface area (Å²) in [7, 11) is 0. The highest BCUT2D eigenvalue weighted by Crippen LogP contribution is 2.22. The Hall–Kier alpha value is -1.86. The predicted octanol–water partition coefficient (Wildman–Crippen LogP) is 3.29. The first-order chi connectivity index (χ1) is 8.31. The number of benzene rings is 1. The number of pyridine rings is 1. The quantitative estimate of drug-likeness (QED) is 0.814. The highest BCUT2D eigenvalue weighted by atomic mass is 79.9. The minimum absolute atomic E-state index is 0.355. The Bertz CT molecular complexity index is 563. The Morgan fingerprint density at radius 3 is 2.82 bits per heavy atom. The average molecular weight is 289 g/mol. The fraction of sp³-hybridized carbons (Fsp3) is 0.0769. The van der Waals surface area contributed by atoms with Crippen molar-refractivity contribution in [3.63, 3.8) is 0 Å².